The average Bonchev–Trinajstić information content (AvgIpc) is 1.62. The van der Waals surface area contributed by atoms with Crippen molar-refractivity contribution in [2.45, 2.75) is 140 Å². The first-order chi connectivity index (χ1) is 49.9. The van der Waals surface area contributed by atoms with E-state index in [1.165, 1.54) is 119 Å². The zero-order valence-electron chi connectivity index (χ0n) is 63.3. The lowest BCUT2D eigenvalue weighted by molar-refractivity contribution is 0.383. The van der Waals surface area contributed by atoms with Crippen LogP contribution in [-0.4, -0.2) is 49.8 Å². The summed E-state index contributed by atoms with van der Waals surface area (Å²) in [5.74, 6) is 1.00. The van der Waals surface area contributed by atoms with Gasteiger partial charge in [-0.05, 0) is 211 Å². The Balaban J connectivity index is 0.000000123. The molecule has 0 spiro atoms. The third-order valence-electron chi connectivity index (χ3n) is 21.0. The monoisotopic (exact) mass is 1360 g/mol. The number of nitrogens with zero attached hydrogens (tertiary/aromatic N) is 10. The van der Waals surface area contributed by atoms with Crippen molar-refractivity contribution in [1.82, 2.24) is 4.90 Å². The zero-order chi connectivity index (χ0) is 72.6. The van der Waals surface area contributed by atoms with E-state index in [1.807, 2.05) is 0 Å². The number of hydrogen-bond acceptors (Lipinski definition) is 10. The zero-order valence-corrected chi connectivity index (χ0v) is 63.3. The second-order valence-corrected chi connectivity index (χ2v) is 28.3. The molecule has 11 aromatic rings. The molecule has 0 radical (unpaired) electrons. The lowest BCUT2D eigenvalue weighted by Crippen LogP contribution is -2.37. The van der Waals surface area contributed by atoms with Crippen LogP contribution in [0.25, 0.3) is 0 Å². The molecule has 0 bridgehead atoms. The molecule has 16 rings (SSSR count). The lowest BCUT2D eigenvalue weighted by atomic mass is 9.92. The summed E-state index contributed by atoms with van der Waals surface area (Å²) >= 11 is 0. The molecule has 0 N–H and O–H groups in total. The molecule has 0 saturated carbocycles. The van der Waals surface area contributed by atoms with Gasteiger partial charge in [-0.25, -0.2) is 0 Å². The average molecular weight is 1360 g/mol. The first kappa shape index (κ1) is 71.7. The minimum absolute atomic E-state index is 0.232. The highest BCUT2D eigenvalue weighted by Gasteiger charge is 2.38. The van der Waals surface area contributed by atoms with Crippen molar-refractivity contribution in [2.75, 3.05) is 58.2 Å². The van der Waals surface area contributed by atoms with Crippen molar-refractivity contribution >= 4 is 79.6 Å². The van der Waals surface area contributed by atoms with Gasteiger partial charge in [-0.2, -0.15) is 0 Å². The van der Waals surface area contributed by atoms with Crippen LogP contribution in [0.3, 0.4) is 0 Å². The molecule has 0 fully saturated rings. The molecule has 5 atom stereocenters. The van der Waals surface area contributed by atoms with Crippen molar-refractivity contribution in [3.63, 3.8) is 0 Å². The summed E-state index contributed by atoms with van der Waals surface area (Å²) in [4.78, 5) is 23.7. The van der Waals surface area contributed by atoms with E-state index in [0.717, 1.165) is 0 Å². The van der Waals surface area contributed by atoms with Crippen molar-refractivity contribution < 1.29 is 0 Å². The van der Waals surface area contributed by atoms with Crippen molar-refractivity contribution in [1.29, 1.82) is 0 Å². The highest BCUT2D eigenvalue weighted by molar-refractivity contribution is 5.91. The third kappa shape index (κ3) is 14.7. The van der Waals surface area contributed by atoms with E-state index in [4.69, 9.17) is 0 Å². The molecule has 0 saturated heterocycles. The molecule has 11 aromatic carbocycles. The number of anilines is 14. The molecule has 5 aliphatic heterocycles. The van der Waals surface area contributed by atoms with Crippen LogP contribution < -0.4 is 44.1 Å². The molecule has 0 aromatic heterocycles. The second kappa shape index (κ2) is 31.8. The molecule has 5 heterocycles. The molecule has 103 heavy (non-hydrogen) atoms. The Morgan fingerprint density at radius 2 is 0.505 bits per heavy atom. The maximum absolute atomic E-state index is 2.44. The summed E-state index contributed by atoms with van der Waals surface area (Å²) in [6.07, 6.45) is 10.2. The quantitative estimate of drug-likeness (QED) is 0.132. The Bertz CT molecular complexity index is 4550. The van der Waals surface area contributed by atoms with Gasteiger partial charge in [0.15, 0.2) is 0 Å². The lowest BCUT2D eigenvalue weighted by Gasteiger charge is -2.34. The number of rotatable bonds is 10. The molecule has 10 nitrogen and oxygen atoms in total. The van der Waals surface area contributed by atoms with E-state index in [2.05, 4.69) is 458 Å². The molecular formula is C93H104N10. The van der Waals surface area contributed by atoms with E-state index in [-0.39, 0.29) is 18.5 Å². The van der Waals surface area contributed by atoms with Gasteiger partial charge < -0.3 is 49.0 Å². The van der Waals surface area contributed by atoms with E-state index in [9.17, 15) is 0 Å². The predicted molar refractivity (Wildman–Crippen MR) is 443 cm³/mol. The van der Waals surface area contributed by atoms with Crippen LogP contribution in [0.5, 0.6) is 0 Å². The largest absolute Gasteiger partial charge is 0.359 e. The normalized spacial score (nSPS) is 17.5. The van der Waals surface area contributed by atoms with Gasteiger partial charge in [0.05, 0.1) is 34.1 Å². The maximum Gasteiger partial charge on any atom is 0.108 e. The Morgan fingerprint density at radius 1 is 0.233 bits per heavy atom. The SMILES string of the molecule is Cc1ccccc1N1C=CN(C)C1C.Cc1ccccc1N1C=CN(c2c(C(C)C)cccc2C(C)C)C1C.Cc1ccccc1N1c2ccccc2N(C)C1C.Cc1ccccc1N1c2ccccc2N(c2ccccc2)C1C.Cc1ccccc1N1c2ccccc2N(c2ccccc2)C1C. The van der Waals surface area contributed by atoms with Gasteiger partial charge >= 0.3 is 0 Å². The summed E-state index contributed by atoms with van der Waals surface area (Å²) in [5.41, 5.74) is 27.3. The van der Waals surface area contributed by atoms with Gasteiger partial charge in [-0.1, -0.05) is 210 Å². The van der Waals surface area contributed by atoms with Crippen molar-refractivity contribution in [3.05, 3.63) is 337 Å². The van der Waals surface area contributed by atoms with Gasteiger partial charge in [0.1, 0.15) is 30.8 Å². The highest BCUT2D eigenvalue weighted by atomic mass is 15.4. The van der Waals surface area contributed by atoms with Gasteiger partial charge in [0, 0.05) is 84.4 Å². The first-order valence-electron chi connectivity index (χ1n) is 36.8. The molecular weight excluding hydrogens is 1260 g/mol. The second-order valence-electron chi connectivity index (χ2n) is 28.3. The Morgan fingerprint density at radius 3 is 0.845 bits per heavy atom. The van der Waals surface area contributed by atoms with Crippen molar-refractivity contribution in [2.24, 2.45) is 0 Å². The summed E-state index contributed by atoms with van der Waals surface area (Å²) in [7, 11) is 4.25. The predicted octanol–water partition coefficient (Wildman–Crippen LogP) is 24.1. The fourth-order valence-corrected chi connectivity index (χ4v) is 15.2. The minimum Gasteiger partial charge on any atom is -0.359 e. The molecule has 0 aliphatic carbocycles. The van der Waals surface area contributed by atoms with E-state index < -0.39 is 0 Å². The Kier molecular flexibility index (Phi) is 22.2. The summed E-state index contributed by atoms with van der Waals surface area (Å²) < 4.78 is 0. The number of benzene rings is 11. The standard InChI is InChI=1S/C23H30N2.2C21H20N2.C16H18N2.C12H16N2/c1-16(2)20-11-9-12-21(17(3)4)23(20)25-15-14-24(19(25)6)22-13-8-7-10-18(22)5;2*1-16-10-6-7-13-19(16)23-17(2)22(18-11-4-3-5-12-18)20-14-8-9-15-21(20)23;1-12-8-4-5-9-14(12)18-13(2)17(3)15-10-6-7-11-16(15)18;1-10-6-4-5-7-12(10)14-9-8-13(3)11(14)2/h7-17,19H,1-6H3;2*3-15,17H,1-2H3;4-11,13H,1-3H3;4-9,11H,1-3H3. The topological polar surface area (TPSA) is 32.4 Å². The Hall–Kier alpha value is -11.1. The van der Waals surface area contributed by atoms with Gasteiger partial charge in [0.2, 0.25) is 0 Å². The smallest absolute Gasteiger partial charge is 0.108 e. The van der Waals surface area contributed by atoms with E-state index in [1.54, 1.807) is 0 Å². The van der Waals surface area contributed by atoms with Crippen LogP contribution in [0.15, 0.2) is 298 Å². The first-order valence-corrected chi connectivity index (χ1v) is 36.8. The number of aryl methyl sites for hydroxylation is 5. The van der Waals surface area contributed by atoms with Crippen LogP contribution in [0.4, 0.5) is 79.6 Å². The fraction of sp³-hybridized carbons (Fsp3) is 0.247. The van der Waals surface area contributed by atoms with Gasteiger partial charge in [-0.3, -0.25) is 0 Å². The number of fused-ring (bicyclic) bond motifs is 3. The molecule has 5 unspecified atom stereocenters. The van der Waals surface area contributed by atoms with Gasteiger partial charge in [0.25, 0.3) is 0 Å². The van der Waals surface area contributed by atoms with Crippen LogP contribution in [-0.2, 0) is 0 Å². The molecule has 526 valence electrons. The van der Waals surface area contributed by atoms with Gasteiger partial charge in [-0.15, -0.1) is 0 Å². The summed E-state index contributed by atoms with van der Waals surface area (Å²) in [6.45, 7) is 31.2. The Labute approximate surface area is 615 Å². The van der Waals surface area contributed by atoms with E-state index in [0.29, 0.717) is 24.2 Å². The maximum atomic E-state index is 2.44. The van der Waals surface area contributed by atoms with Crippen LogP contribution in [0.2, 0.25) is 0 Å². The molecule has 5 aliphatic rings. The fourth-order valence-electron chi connectivity index (χ4n) is 15.2. The summed E-state index contributed by atoms with van der Waals surface area (Å²) in [6, 6.07) is 96.7. The third-order valence-corrected chi connectivity index (χ3v) is 21.0. The van der Waals surface area contributed by atoms with E-state index >= 15 is 0 Å². The van der Waals surface area contributed by atoms with Crippen LogP contribution in [0.1, 0.15) is 113 Å². The molecule has 10 heteroatoms. The summed E-state index contributed by atoms with van der Waals surface area (Å²) in [5, 5.41) is 0. The van der Waals surface area contributed by atoms with Crippen molar-refractivity contribution in [3.8, 4) is 0 Å². The van der Waals surface area contributed by atoms with Crippen LogP contribution >= 0.6 is 0 Å². The number of hydrogen-bond donors (Lipinski definition) is 0. The number of para-hydroxylation sites is 14. The highest BCUT2D eigenvalue weighted by Crippen LogP contribution is 2.51. The minimum atomic E-state index is 0.232. The van der Waals surface area contributed by atoms with Crippen LogP contribution in [0, 0.1) is 34.6 Å². The molecule has 0 amide bonds.